The maximum Gasteiger partial charge on any atom is 0.272 e. The Balaban J connectivity index is 2.73. The molecule has 0 aromatic heterocycles. The summed E-state index contributed by atoms with van der Waals surface area (Å²) in [7, 11) is 0. The van der Waals surface area contributed by atoms with Crippen LogP contribution in [0.4, 0.5) is 0 Å². The molecule has 0 saturated carbocycles. The monoisotopic (exact) mass is 145 g/mol. The molecule has 5 heteroatoms. The average molecular weight is 145 g/mol. The number of nitrogens with one attached hydrogen (secondary N) is 1. The van der Waals surface area contributed by atoms with Crippen LogP contribution in [0.3, 0.4) is 0 Å². The molecule has 1 unspecified atom stereocenters. The molecule has 48 valence electrons. The van der Waals surface area contributed by atoms with Crippen LogP contribution < -0.4 is 4.72 Å². The number of hydrogen-bond acceptors (Lipinski definition) is 5. The van der Waals surface area contributed by atoms with Gasteiger partial charge in [0.05, 0.1) is 0 Å². The molecule has 0 bridgehead atoms. The molecule has 1 rings (SSSR count). The molecule has 1 aliphatic heterocycles. The molecule has 1 fully saturated rings. The van der Waals surface area contributed by atoms with Crippen molar-refractivity contribution in [2.45, 2.75) is 6.04 Å². The van der Waals surface area contributed by atoms with Gasteiger partial charge in [-0.3, -0.25) is 9.59 Å². The second kappa shape index (κ2) is 2.28. The average Bonchev–Trinajstić information content (AvgIpc) is 2.15. The molecule has 9 heavy (non-hydrogen) atoms. The van der Waals surface area contributed by atoms with Crippen LogP contribution in [0.5, 0.6) is 0 Å². The Bertz CT molecular complexity index is 179. The van der Waals surface area contributed by atoms with Crippen LogP contribution in [0, 0.1) is 0 Å². The number of Topliss-reactive ketones (excluding diaryl/α,β-unsaturated/α-hetero) is 1. The second-order valence-corrected chi connectivity index (χ2v) is 2.30. The van der Waals surface area contributed by atoms with E-state index < -0.39 is 16.9 Å². The number of carbonyl (C=O) groups is 3. The molecule has 0 aliphatic carbocycles. The fraction of sp³-hybridized carbons (Fsp3) is 0.250. The zero-order valence-corrected chi connectivity index (χ0v) is 5.10. The summed E-state index contributed by atoms with van der Waals surface area (Å²) in [5.74, 6) is -0.657. The molecule has 1 N–H and O–H groups in total. The first-order valence-electron chi connectivity index (χ1n) is 2.21. The molecule has 0 aromatic rings. The summed E-state index contributed by atoms with van der Waals surface area (Å²) in [6.07, 6.45) is 0.417. The second-order valence-electron chi connectivity index (χ2n) is 1.49. The van der Waals surface area contributed by atoms with E-state index in [9.17, 15) is 14.4 Å². The summed E-state index contributed by atoms with van der Waals surface area (Å²) in [6, 6.07) is -0.914. The van der Waals surface area contributed by atoms with Gasteiger partial charge in [0, 0.05) is 11.9 Å². The van der Waals surface area contributed by atoms with Crippen molar-refractivity contribution in [1.29, 1.82) is 0 Å². The molecular weight excluding hydrogens is 142 g/mol. The van der Waals surface area contributed by atoms with Crippen molar-refractivity contribution in [3.63, 3.8) is 0 Å². The molecule has 1 atom stereocenters. The number of rotatable bonds is 1. The Morgan fingerprint density at radius 2 is 2.22 bits per heavy atom. The fourth-order valence-corrected chi connectivity index (χ4v) is 1.06. The summed E-state index contributed by atoms with van der Waals surface area (Å²) in [5, 5.41) is -0.591. The van der Waals surface area contributed by atoms with Crippen molar-refractivity contribution in [3.8, 4) is 0 Å². The highest BCUT2D eigenvalue weighted by Gasteiger charge is 2.32. The summed E-state index contributed by atoms with van der Waals surface area (Å²) in [6.45, 7) is 0. The van der Waals surface area contributed by atoms with E-state index in [4.69, 9.17) is 0 Å². The van der Waals surface area contributed by atoms with Gasteiger partial charge in [-0.2, -0.15) is 0 Å². The van der Waals surface area contributed by atoms with Gasteiger partial charge in [0.2, 0.25) is 5.78 Å². The lowest BCUT2D eigenvalue weighted by Gasteiger charge is -1.89. The Morgan fingerprint density at radius 3 is 2.44 bits per heavy atom. The molecule has 1 saturated heterocycles. The quantitative estimate of drug-likeness (QED) is 0.219. The number of hydrogen-bond donors (Lipinski definition) is 1. The third-order valence-electron chi connectivity index (χ3n) is 0.898. The molecule has 0 radical (unpaired) electrons. The largest absolute Gasteiger partial charge is 0.301 e. The van der Waals surface area contributed by atoms with Gasteiger partial charge in [-0.25, -0.2) is 4.72 Å². The van der Waals surface area contributed by atoms with Crippen LogP contribution in [0.25, 0.3) is 0 Å². The minimum absolute atomic E-state index is 0.417. The lowest BCUT2D eigenvalue weighted by molar-refractivity contribution is -0.133. The normalized spacial score (nSPS) is 26.9. The van der Waals surface area contributed by atoms with E-state index in [1.807, 2.05) is 0 Å². The molecule has 1 aliphatic rings. The number of carbonyl (C=O) groups excluding carboxylic acids is 3. The third-order valence-corrected chi connectivity index (χ3v) is 1.66. The van der Waals surface area contributed by atoms with Crippen LogP contribution in [0.2, 0.25) is 0 Å². The zero-order valence-electron chi connectivity index (χ0n) is 4.29. The topological polar surface area (TPSA) is 63.2 Å². The van der Waals surface area contributed by atoms with Gasteiger partial charge in [-0.1, -0.05) is 0 Å². The highest BCUT2D eigenvalue weighted by atomic mass is 32.2. The van der Waals surface area contributed by atoms with Crippen molar-refractivity contribution in [1.82, 2.24) is 4.72 Å². The van der Waals surface area contributed by atoms with Crippen LogP contribution in [0.15, 0.2) is 0 Å². The maximum atomic E-state index is 10.5. The van der Waals surface area contributed by atoms with Gasteiger partial charge >= 0.3 is 0 Å². The van der Waals surface area contributed by atoms with Gasteiger partial charge in [0.25, 0.3) is 5.12 Å². The Labute approximate surface area is 55.1 Å². The smallest absolute Gasteiger partial charge is 0.272 e. The minimum Gasteiger partial charge on any atom is -0.301 e. The van der Waals surface area contributed by atoms with Crippen LogP contribution in [-0.4, -0.2) is 23.2 Å². The third kappa shape index (κ3) is 1.01. The zero-order chi connectivity index (χ0) is 6.85. The summed E-state index contributed by atoms with van der Waals surface area (Å²) >= 11 is 0.668. The summed E-state index contributed by atoms with van der Waals surface area (Å²) in [4.78, 5) is 30.7. The molecule has 4 nitrogen and oxygen atoms in total. The Hall–Kier alpha value is -0.680. The first-order chi connectivity index (χ1) is 4.25. The first kappa shape index (κ1) is 6.44. The van der Waals surface area contributed by atoms with E-state index in [0.29, 0.717) is 18.2 Å². The van der Waals surface area contributed by atoms with Crippen LogP contribution in [-0.2, 0) is 14.4 Å². The Kier molecular flexibility index (Phi) is 1.63. The standard InChI is InChI=1S/C4H3NO3S/c6-1-2-3(7)4(8)9-5-2/h1-2,5H. The van der Waals surface area contributed by atoms with Crippen molar-refractivity contribution in [3.05, 3.63) is 0 Å². The van der Waals surface area contributed by atoms with Gasteiger partial charge in [-0.15, -0.1) is 0 Å². The maximum absolute atomic E-state index is 10.5. The number of ketones is 1. The van der Waals surface area contributed by atoms with Gasteiger partial charge in [0.15, 0.2) is 0 Å². The molecule has 0 spiro atoms. The number of aldehydes is 1. The summed E-state index contributed by atoms with van der Waals surface area (Å²) in [5.41, 5.74) is 0. The Morgan fingerprint density at radius 1 is 1.56 bits per heavy atom. The van der Waals surface area contributed by atoms with E-state index >= 15 is 0 Å². The van der Waals surface area contributed by atoms with E-state index in [0.717, 1.165) is 0 Å². The van der Waals surface area contributed by atoms with Crippen LogP contribution in [0.1, 0.15) is 0 Å². The van der Waals surface area contributed by atoms with Crippen molar-refractivity contribution < 1.29 is 14.4 Å². The van der Waals surface area contributed by atoms with Gasteiger partial charge in [-0.05, 0) is 0 Å². The van der Waals surface area contributed by atoms with Crippen molar-refractivity contribution >= 4 is 29.1 Å². The molecule has 1 heterocycles. The lowest BCUT2D eigenvalue weighted by atomic mass is 10.2. The lowest BCUT2D eigenvalue weighted by Crippen LogP contribution is -2.27. The molecular formula is C4H3NO3S. The minimum atomic E-state index is -0.914. The van der Waals surface area contributed by atoms with E-state index in [2.05, 4.69) is 4.72 Å². The van der Waals surface area contributed by atoms with Gasteiger partial charge < -0.3 is 4.79 Å². The molecule has 0 aromatic carbocycles. The van der Waals surface area contributed by atoms with Crippen LogP contribution >= 0.6 is 11.9 Å². The van der Waals surface area contributed by atoms with E-state index in [-0.39, 0.29) is 0 Å². The highest BCUT2D eigenvalue weighted by molar-refractivity contribution is 8.14. The first-order valence-corrected chi connectivity index (χ1v) is 3.03. The highest BCUT2D eigenvalue weighted by Crippen LogP contribution is 2.08. The van der Waals surface area contributed by atoms with Crippen molar-refractivity contribution in [2.24, 2.45) is 0 Å². The van der Waals surface area contributed by atoms with E-state index in [1.54, 1.807) is 0 Å². The predicted molar refractivity (Wildman–Crippen MR) is 30.6 cm³/mol. The van der Waals surface area contributed by atoms with E-state index in [1.165, 1.54) is 0 Å². The summed E-state index contributed by atoms with van der Waals surface area (Å²) < 4.78 is 2.36. The van der Waals surface area contributed by atoms with Gasteiger partial charge in [0.1, 0.15) is 12.3 Å². The fourth-order valence-electron chi connectivity index (χ4n) is 0.437. The van der Waals surface area contributed by atoms with Crippen molar-refractivity contribution in [2.75, 3.05) is 0 Å². The SMILES string of the molecule is O=CC1NSC(=O)C1=O. The predicted octanol–water partition coefficient (Wildman–Crippen LogP) is -1.10. The molecule has 0 amide bonds.